The molecule has 1 aromatic rings. The Morgan fingerprint density at radius 1 is 1.35 bits per heavy atom. The molecule has 0 unspecified atom stereocenters. The van der Waals surface area contributed by atoms with Gasteiger partial charge in [-0.2, -0.15) is 0 Å². The third-order valence-electron chi connectivity index (χ3n) is 2.94. The Balaban J connectivity index is 2.74. The highest BCUT2D eigenvalue weighted by Crippen LogP contribution is 2.28. The molecule has 0 heterocycles. The SMILES string of the molecule is CCCCCOc1cc(CNC(C)C)ccc1[N+](=O)[O-]. The first-order valence-electron chi connectivity index (χ1n) is 7.18. The Bertz CT molecular complexity index is 433. The van der Waals surface area contributed by atoms with Crippen molar-refractivity contribution in [3.05, 3.63) is 33.9 Å². The van der Waals surface area contributed by atoms with Crippen molar-refractivity contribution in [1.82, 2.24) is 5.32 Å². The zero-order valence-corrected chi connectivity index (χ0v) is 12.5. The lowest BCUT2D eigenvalue weighted by molar-refractivity contribution is -0.385. The fourth-order valence-electron chi connectivity index (χ4n) is 1.79. The molecule has 0 radical (unpaired) electrons. The molecule has 1 N–H and O–H groups in total. The van der Waals surface area contributed by atoms with E-state index >= 15 is 0 Å². The fourth-order valence-corrected chi connectivity index (χ4v) is 1.79. The maximum absolute atomic E-state index is 11.0. The molecule has 0 saturated heterocycles. The first-order valence-corrected chi connectivity index (χ1v) is 7.18. The summed E-state index contributed by atoms with van der Waals surface area (Å²) in [5.74, 6) is 0.370. The van der Waals surface area contributed by atoms with E-state index in [-0.39, 0.29) is 5.69 Å². The van der Waals surface area contributed by atoms with Gasteiger partial charge in [-0.3, -0.25) is 10.1 Å². The molecule has 0 spiro atoms. The zero-order chi connectivity index (χ0) is 15.0. The van der Waals surface area contributed by atoms with Gasteiger partial charge in [-0.25, -0.2) is 0 Å². The molecule has 0 aromatic heterocycles. The van der Waals surface area contributed by atoms with E-state index in [0.29, 0.717) is 24.9 Å². The molecule has 0 saturated carbocycles. The van der Waals surface area contributed by atoms with Crippen LogP contribution in [0.2, 0.25) is 0 Å². The lowest BCUT2D eigenvalue weighted by Crippen LogP contribution is -2.21. The van der Waals surface area contributed by atoms with E-state index in [4.69, 9.17) is 4.74 Å². The first kappa shape index (κ1) is 16.4. The molecule has 0 bridgehead atoms. The molecule has 0 amide bonds. The smallest absolute Gasteiger partial charge is 0.310 e. The number of hydrogen-bond donors (Lipinski definition) is 1. The standard InChI is InChI=1S/C15H24N2O3/c1-4-5-6-9-20-15-10-13(11-16-12(2)3)7-8-14(15)17(18)19/h7-8,10,12,16H,4-6,9,11H2,1-3H3. The summed E-state index contributed by atoms with van der Waals surface area (Å²) in [7, 11) is 0. The summed E-state index contributed by atoms with van der Waals surface area (Å²) < 4.78 is 5.58. The Hall–Kier alpha value is -1.62. The summed E-state index contributed by atoms with van der Waals surface area (Å²) in [6.07, 6.45) is 3.09. The summed E-state index contributed by atoms with van der Waals surface area (Å²) in [5, 5.41) is 14.3. The molecular formula is C15H24N2O3. The molecule has 5 nitrogen and oxygen atoms in total. The second kappa shape index (κ2) is 8.53. The van der Waals surface area contributed by atoms with Gasteiger partial charge in [0.2, 0.25) is 0 Å². The summed E-state index contributed by atoms with van der Waals surface area (Å²) in [6.45, 7) is 7.44. The quantitative estimate of drug-likeness (QED) is 0.426. The normalized spacial score (nSPS) is 10.8. The van der Waals surface area contributed by atoms with Gasteiger partial charge in [0.1, 0.15) is 0 Å². The summed E-state index contributed by atoms with van der Waals surface area (Å²) >= 11 is 0. The Kier molecular flexibility index (Phi) is 7.01. The van der Waals surface area contributed by atoms with Crippen LogP contribution in [0.25, 0.3) is 0 Å². The Morgan fingerprint density at radius 3 is 2.70 bits per heavy atom. The predicted octanol–water partition coefficient (Wildman–Crippen LogP) is 3.66. The van der Waals surface area contributed by atoms with Crippen LogP contribution in [0.3, 0.4) is 0 Å². The van der Waals surface area contributed by atoms with Crippen molar-refractivity contribution in [1.29, 1.82) is 0 Å². The summed E-state index contributed by atoms with van der Waals surface area (Å²) in [6, 6.07) is 5.43. The average Bonchev–Trinajstić information content (AvgIpc) is 2.41. The second-order valence-electron chi connectivity index (χ2n) is 5.15. The molecule has 20 heavy (non-hydrogen) atoms. The highest BCUT2D eigenvalue weighted by Gasteiger charge is 2.15. The van der Waals surface area contributed by atoms with Gasteiger partial charge < -0.3 is 10.1 Å². The van der Waals surface area contributed by atoms with Crippen molar-refractivity contribution in [2.75, 3.05) is 6.61 Å². The van der Waals surface area contributed by atoms with Crippen LogP contribution in [0, 0.1) is 10.1 Å². The van der Waals surface area contributed by atoms with Crippen molar-refractivity contribution in [2.45, 2.75) is 52.6 Å². The molecule has 0 aliphatic heterocycles. The van der Waals surface area contributed by atoms with E-state index < -0.39 is 4.92 Å². The zero-order valence-electron chi connectivity index (χ0n) is 12.5. The number of unbranched alkanes of at least 4 members (excludes halogenated alkanes) is 2. The van der Waals surface area contributed by atoms with Crippen LogP contribution in [-0.2, 0) is 6.54 Å². The maximum Gasteiger partial charge on any atom is 0.310 e. The van der Waals surface area contributed by atoms with Crippen LogP contribution in [0.5, 0.6) is 5.75 Å². The summed E-state index contributed by atoms with van der Waals surface area (Å²) in [5.41, 5.74) is 1.03. The Labute approximate surface area is 120 Å². The van der Waals surface area contributed by atoms with Gasteiger partial charge in [0.15, 0.2) is 5.75 Å². The monoisotopic (exact) mass is 280 g/mol. The molecule has 1 aromatic carbocycles. The highest BCUT2D eigenvalue weighted by atomic mass is 16.6. The minimum atomic E-state index is -0.394. The average molecular weight is 280 g/mol. The minimum absolute atomic E-state index is 0.0368. The number of nitro groups is 1. The number of hydrogen-bond acceptors (Lipinski definition) is 4. The Morgan fingerprint density at radius 2 is 2.10 bits per heavy atom. The molecule has 0 fully saturated rings. The topological polar surface area (TPSA) is 64.4 Å². The second-order valence-corrected chi connectivity index (χ2v) is 5.15. The van der Waals surface area contributed by atoms with E-state index in [1.807, 2.05) is 0 Å². The van der Waals surface area contributed by atoms with Crippen LogP contribution < -0.4 is 10.1 Å². The largest absolute Gasteiger partial charge is 0.487 e. The van der Waals surface area contributed by atoms with E-state index in [1.54, 1.807) is 12.1 Å². The van der Waals surface area contributed by atoms with E-state index in [9.17, 15) is 10.1 Å². The predicted molar refractivity (Wildman–Crippen MR) is 80.1 cm³/mol. The van der Waals surface area contributed by atoms with Gasteiger partial charge in [0, 0.05) is 18.7 Å². The number of ether oxygens (including phenoxy) is 1. The number of nitrogens with one attached hydrogen (secondary N) is 1. The lowest BCUT2D eigenvalue weighted by atomic mass is 10.1. The first-order chi connectivity index (χ1) is 9.54. The van der Waals surface area contributed by atoms with Gasteiger partial charge in [-0.15, -0.1) is 0 Å². The van der Waals surface area contributed by atoms with Crippen molar-refractivity contribution in [3.63, 3.8) is 0 Å². The lowest BCUT2D eigenvalue weighted by Gasteiger charge is -2.11. The van der Waals surface area contributed by atoms with Gasteiger partial charge >= 0.3 is 5.69 Å². The minimum Gasteiger partial charge on any atom is -0.487 e. The molecule has 5 heteroatoms. The van der Waals surface area contributed by atoms with E-state index in [2.05, 4.69) is 26.1 Å². The highest BCUT2D eigenvalue weighted by molar-refractivity contribution is 5.48. The number of nitro benzene ring substituents is 1. The van der Waals surface area contributed by atoms with E-state index in [0.717, 1.165) is 24.8 Å². The fraction of sp³-hybridized carbons (Fsp3) is 0.600. The number of benzene rings is 1. The van der Waals surface area contributed by atoms with Crippen LogP contribution in [0.4, 0.5) is 5.69 Å². The van der Waals surface area contributed by atoms with Crippen LogP contribution in [0.15, 0.2) is 18.2 Å². The molecule has 112 valence electrons. The van der Waals surface area contributed by atoms with Crippen molar-refractivity contribution >= 4 is 5.69 Å². The summed E-state index contributed by atoms with van der Waals surface area (Å²) in [4.78, 5) is 10.6. The third kappa shape index (κ3) is 5.57. The van der Waals surface area contributed by atoms with Crippen LogP contribution in [-0.4, -0.2) is 17.6 Å². The molecule has 1 rings (SSSR count). The maximum atomic E-state index is 11.0. The molecular weight excluding hydrogens is 256 g/mol. The van der Waals surface area contributed by atoms with Crippen molar-refractivity contribution in [2.24, 2.45) is 0 Å². The van der Waals surface area contributed by atoms with Gasteiger partial charge in [-0.05, 0) is 18.1 Å². The van der Waals surface area contributed by atoms with Crippen molar-refractivity contribution < 1.29 is 9.66 Å². The van der Waals surface area contributed by atoms with Crippen LogP contribution in [0.1, 0.15) is 45.6 Å². The van der Waals surface area contributed by atoms with Gasteiger partial charge in [0.25, 0.3) is 0 Å². The number of rotatable bonds is 9. The molecule has 0 aliphatic carbocycles. The van der Waals surface area contributed by atoms with E-state index in [1.165, 1.54) is 6.07 Å². The third-order valence-corrected chi connectivity index (χ3v) is 2.94. The van der Waals surface area contributed by atoms with Gasteiger partial charge in [-0.1, -0.05) is 39.7 Å². The van der Waals surface area contributed by atoms with Gasteiger partial charge in [0.05, 0.1) is 11.5 Å². The molecule has 0 atom stereocenters. The van der Waals surface area contributed by atoms with Crippen LogP contribution >= 0.6 is 0 Å². The number of nitrogens with zero attached hydrogens (tertiary/aromatic N) is 1. The molecule has 0 aliphatic rings. The van der Waals surface area contributed by atoms with Crippen molar-refractivity contribution in [3.8, 4) is 5.75 Å².